The van der Waals surface area contributed by atoms with Gasteiger partial charge in [0.2, 0.25) is 0 Å². The molecule has 0 unspecified atom stereocenters. The second-order valence-corrected chi connectivity index (χ2v) is 8.75. The van der Waals surface area contributed by atoms with Crippen LogP contribution in [0.3, 0.4) is 0 Å². The van der Waals surface area contributed by atoms with Crippen LogP contribution in [0.25, 0.3) is 0 Å². The highest BCUT2D eigenvalue weighted by Crippen LogP contribution is 2.38. The van der Waals surface area contributed by atoms with Gasteiger partial charge in [-0.25, -0.2) is 9.18 Å². The van der Waals surface area contributed by atoms with Crippen molar-refractivity contribution in [2.45, 2.75) is 25.7 Å². The number of anilines is 2. The molecule has 0 saturated carbocycles. The van der Waals surface area contributed by atoms with Gasteiger partial charge in [0.25, 0.3) is 0 Å². The molecule has 1 aromatic carbocycles. The Morgan fingerprint density at radius 3 is 2.62 bits per heavy atom. The van der Waals surface area contributed by atoms with E-state index in [0.29, 0.717) is 42.5 Å². The molecule has 8 heteroatoms. The molecular weight excluding hydrogens is 409 g/mol. The van der Waals surface area contributed by atoms with Crippen molar-refractivity contribution in [1.82, 2.24) is 4.90 Å². The minimum absolute atomic E-state index is 0.200. The van der Waals surface area contributed by atoms with Gasteiger partial charge in [0, 0.05) is 31.1 Å². The van der Waals surface area contributed by atoms with Gasteiger partial charge in [-0.15, -0.1) is 11.3 Å². The Morgan fingerprint density at radius 2 is 1.90 bits per heavy atom. The molecule has 0 spiro atoms. The molecule has 29 heavy (non-hydrogen) atoms. The van der Waals surface area contributed by atoms with E-state index in [1.54, 1.807) is 23.5 Å². The fourth-order valence-corrected chi connectivity index (χ4v) is 5.63. The Morgan fingerprint density at radius 1 is 1.17 bits per heavy atom. The van der Waals surface area contributed by atoms with Crippen LogP contribution in [0.2, 0.25) is 0 Å². The van der Waals surface area contributed by atoms with Crippen molar-refractivity contribution in [1.29, 1.82) is 0 Å². The monoisotopic (exact) mass is 433 g/mol. The number of carbonyl (C=O) groups is 1. The van der Waals surface area contributed by atoms with Crippen LogP contribution in [0, 0.1) is 5.82 Å². The van der Waals surface area contributed by atoms with Gasteiger partial charge in [-0.2, -0.15) is 0 Å². The average molecular weight is 434 g/mol. The number of thiocarbonyl (C=S) groups is 1. The standard InChI is InChI=1S/C21H24FN3O2S2/c1-27-20(26)18-14-6-2-5-9-17(14)29-19(18)23-21(28)25-12-10-24(11-13-25)16-8-4-3-7-15(16)22/h3-4,7-8H,2,5-6,9-13H2,1H3,(H,23,28). The minimum Gasteiger partial charge on any atom is -0.465 e. The summed E-state index contributed by atoms with van der Waals surface area (Å²) in [5.41, 5.74) is 2.38. The van der Waals surface area contributed by atoms with Crippen LogP contribution < -0.4 is 10.2 Å². The number of thiophene rings is 1. The van der Waals surface area contributed by atoms with Crippen LogP contribution in [0.15, 0.2) is 24.3 Å². The van der Waals surface area contributed by atoms with E-state index in [1.807, 2.05) is 11.0 Å². The van der Waals surface area contributed by atoms with E-state index >= 15 is 0 Å². The number of ether oxygens (including phenoxy) is 1. The van der Waals surface area contributed by atoms with Crippen LogP contribution >= 0.6 is 23.6 Å². The molecule has 1 fully saturated rings. The van der Waals surface area contributed by atoms with Gasteiger partial charge in [-0.3, -0.25) is 0 Å². The van der Waals surface area contributed by atoms with Crippen LogP contribution in [-0.4, -0.2) is 49.3 Å². The van der Waals surface area contributed by atoms with E-state index in [9.17, 15) is 9.18 Å². The quantitative estimate of drug-likeness (QED) is 0.582. The van der Waals surface area contributed by atoms with Crippen molar-refractivity contribution in [3.8, 4) is 0 Å². The number of piperazine rings is 1. The van der Waals surface area contributed by atoms with Gasteiger partial charge in [-0.05, 0) is 55.6 Å². The molecule has 4 rings (SSSR count). The number of fused-ring (bicyclic) bond motifs is 1. The fraction of sp³-hybridized carbons (Fsp3) is 0.429. The lowest BCUT2D eigenvalue weighted by Gasteiger charge is -2.37. The van der Waals surface area contributed by atoms with E-state index in [0.717, 1.165) is 36.2 Å². The Balaban J connectivity index is 1.45. The number of hydrogen-bond donors (Lipinski definition) is 1. The number of aryl methyl sites for hydroxylation is 1. The fourth-order valence-electron chi connectivity index (χ4n) is 4.01. The van der Waals surface area contributed by atoms with Crippen LogP contribution in [0.5, 0.6) is 0 Å². The van der Waals surface area contributed by atoms with Gasteiger partial charge < -0.3 is 19.9 Å². The zero-order valence-corrected chi connectivity index (χ0v) is 18.0. The summed E-state index contributed by atoms with van der Waals surface area (Å²) in [5, 5.41) is 4.68. The number of rotatable bonds is 3. The lowest BCUT2D eigenvalue weighted by Crippen LogP contribution is -2.50. The molecular formula is C21H24FN3O2S2. The van der Waals surface area contributed by atoms with Gasteiger partial charge in [0.05, 0.1) is 18.4 Å². The van der Waals surface area contributed by atoms with Crippen molar-refractivity contribution in [3.63, 3.8) is 0 Å². The number of nitrogens with zero attached hydrogens (tertiary/aromatic N) is 2. The second kappa shape index (κ2) is 8.67. The Bertz CT molecular complexity index is 923. The Kier molecular flexibility index (Phi) is 6.01. The zero-order valence-electron chi connectivity index (χ0n) is 16.4. The molecule has 2 aliphatic rings. The molecule has 1 aliphatic heterocycles. The highest BCUT2D eigenvalue weighted by atomic mass is 32.1. The summed E-state index contributed by atoms with van der Waals surface area (Å²) >= 11 is 7.25. The van der Waals surface area contributed by atoms with Gasteiger partial charge in [-0.1, -0.05) is 12.1 Å². The Hall–Kier alpha value is -2.19. The van der Waals surface area contributed by atoms with Crippen LogP contribution in [0.1, 0.15) is 33.6 Å². The highest BCUT2D eigenvalue weighted by molar-refractivity contribution is 7.80. The number of benzene rings is 1. The van der Waals surface area contributed by atoms with E-state index < -0.39 is 0 Å². The molecule has 2 heterocycles. The molecule has 0 amide bonds. The summed E-state index contributed by atoms with van der Waals surface area (Å²) in [6, 6.07) is 6.85. The maximum atomic E-state index is 14.0. The third kappa shape index (κ3) is 4.09. The van der Waals surface area contributed by atoms with Crippen molar-refractivity contribution in [2.24, 2.45) is 0 Å². The van der Waals surface area contributed by atoms with Gasteiger partial charge in [0.1, 0.15) is 10.8 Å². The molecule has 154 valence electrons. The Labute approximate surface area is 179 Å². The average Bonchev–Trinajstić information content (AvgIpc) is 3.11. The van der Waals surface area contributed by atoms with Gasteiger partial charge >= 0.3 is 5.97 Å². The molecule has 5 nitrogen and oxygen atoms in total. The molecule has 1 aromatic heterocycles. The summed E-state index contributed by atoms with van der Waals surface area (Å²) in [4.78, 5) is 17.8. The number of hydrogen-bond acceptors (Lipinski definition) is 5. The topological polar surface area (TPSA) is 44.8 Å². The predicted octanol–water partition coefficient (Wildman–Crippen LogP) is 4.07. The first-order valence-electron chi connectivity index (χ1n) is 9.86. The number of carbonyl (C=O) groups excluding carboxylic acids is 1. The first kappa shape index (κ1) is 20.1. The first-order chi connectivity index (χ1) is 14.1. The lowest BCUT2D eigenvalue weighted by molar-refractivity contribution is 0.0601. The second-order valence-electron chi connectivity index (χ2n) is 7.26. The van der Waals surface area contributed by atoms with E-state index in [-0.39, 0.29) is 11.8 Å². The van der Waals surface area contributed by atoms with Crippen molar-refractivity contribution in [2.75, 3.05) is 43.5 Å². The summed E-state index contributed by atoms with van der Waals surface area (Å²) in [6.45, 7) is 2.76. The van der Waals surface area contributed by atoms with Crippen LogP contribution in [0.4, 0.5) is 15.1 Å². The zero-order chi connectivity index (χ0) is 20.4. The number of para-hydroxylation sites is 1. The smallest absolute Gasteiger partial charge is 0.341 e. The van der Waals surface area contributed by atoms with Crippen molar-refractivity contribution in [3.05, 3.63) is 46.1 Å². The maximum absolute atomic E-state index is 14.0. The van der Waals surface area contributed by atoms with Crippen molar-refractivity contribution < 1.29 is 13.9 Å². The largest absolute Gasteiger partial charge is 0.465 e. The van der Waals surface area contributed by atoms with Crippen molar-refractivity contribution >= 4 is 45.3 Å². The lowest BCUT2D eigenvalue weighted by atomic mass is 9.95. The van der Waals surface area contributed by atoms with Crippen LogP contribution in [-0.2, 0) is 17.6 Å². The SMILES string of the molecule is COC(=O)c1c(NC(=S)N2CCN(c3ccccc3F)CC2)sc2c1CCCC2. The number of methoxy groups -OCH3 is 1. The highest BCUT2D eigenvalue weighted by Gasteiger charge is 2.28. The third-order valence-electron chi connectivity index (χ3n) is 5.54. The molecule has 0 bridgehead atoms. The number of nitrogens with one attached hydrogen (secondary N) is 1. The maximum Gasteiger partial charge on any atom is 0.341 e. The predicted molar refractivity (Wildman–Crippen MR) is 119 cm³/mol. The number of halogens is 1. The molecule has 2 aromatic rings. The summed E-state index contributed by atoms with van der Waals surface area (Å²) < 4.78 is 19.1. The summed E-state index contributed by atoms with van der Waals surface area (Å²) in [6.07, 6.45) is 4.15. The van der Waals surface area contributed by atoms with E-state index in [4.69, 9.17) is 17.0 Å². The summed E-state index contributed by atoms with van der Waals surface area (Å²) in [5.74, 6) is -0.507. The molecule has 1 N–H and O–H groups in total. The third-order valence-corrected chi connectivity index (χ3v) is 7.11. The first-order valence-corrected chi connectivity index (χ1v) is 11.1. The molecule has 0 radical (unpaired) electrons. The van der Waals surface area contributed by atoms with E-state index in [2.05, 4.69) is 10.2 Å². The summed E-state index contributed by atoms with van der Waals surface area (Å²) in [7, 11) is 1.42. The molecule has 1 saturated heterocycles. The number of esters is 1. The molecule has 1 aliphatic carbocycles. The minimum atomic E-state index is -0.306. The van der Waals surface area contributed by atoms with Gasteiger partial charge in [0.15, 0.2) is 5.11 Å². The molecule has 0 atom stereocenters. The van der Waals surface area contributed by atoms with E-state index in [1.165, 1.54) is 18.1 Å². The normalized spacial score (nSPS) is 16.3.